The molecule has 1 saturated heterocycles. The highest BCUT2D eigenvalue weighted by atomic mass is 16.5. The average molecular weight is 279 g/mol. The highest BCUT2D eigenvalue weighted by molar-refractivity contribution is 5.92. The van der Waals surface area contributed by atoms with Gasteiger partial charge in [0.1, 0.15) is 5.69 Å². The fraction of sp³-hybridized carbons (Fsp3) is 0.571. The Morgan fingerprint density at radius 3 is 3.20 bits per heavy atom. The summed E-state index contributed by atoms with van der Waals surface area (Å²) in [7, 11) is 0. The van der Waals surface area contributed by atoms with Gasteiger partial charge in [-0.1, -0.05) is 0 Å². The van der Waals surface area contributed by atoms with Crippen molar-refractivity contribution >= 4 is 11.6 Å². The first-order chi connectivity index (χ1) is 9.65. The Kier molecular flexibility index (Phi) is 5.31. The third kappa shape index (κ3) is 4.47. The van der Waals surface area contributed by atoms with Gasteiger partial charge in [-0.05, 0) is 26.0 Å². The number of pyridine rings is 1. The lowest BCUT2D eigenvalue weighted by Gasteiger charge is -2.23. The largest absolute Gasteiger partial charge is 0.473 e. The number of hydrogen-bond acceptors (Lipinski definition) is 5. The lowest BCUT2D eigenvalue weighted by Crippen LogP contribution is -2.40. The smallest absolute Gasteiger partial charge is 0.238 e. The molecule has 1 unspecified atom stereocenters. The molecule has 1 amide bonds. The highest BCUT2D eigenvalue weighted by Crippen LogP contribution is 2.22. The molecule has 1 aliphatic heterocycles. The summed E-state index contributed by atoms with van der Waals surface area (Å²) in [5, 5.41) is 6.03. The van der Waals surface area contributed by atoms with E-state index in [1.165, 1.54) is 0 Å². The van der Waals surface area contributed by atoms with Gasteiger partial charge in [-0.25, -0.2) is 4.98 Å². The zero-order chi connectivity index (χ0) is 14.4. The Bertz CT molecular complexity index is 445. The van der Waals surface area contributed by atoms with Crippen molar-refractivity contribution in [3.05, 3.63) is 18.3 Å². The predicted octanol–water partition coefficient (Wildman–Crippen LogP) is 1.19. The Labute approximate surface area is 118 Å². The van der Waals surface area contributed by atoms with Gasteiger partial charge < -0.3 is 20.1 Å². The van der Waals surface area contributed by atoms with Crippen LogP contribution in [0, 0.1) is 0 Å². The fourth-order valence-corrected chi connectivity index (χ4v) is 1.96. The standard InChI is InChI=1S/C14H21N3O3/c1-10(2)20-14-12(4-3-5-16-14)17-13(18)8-11-9-15-6-7-19-11/h3-5,10-11,15H,6-9H2,1-2H3,(H,17,18). The minimum absolute atomic E-state index is 0.00595. The molecule has 0 saturated carbocycles. The number of rotatable bonds is 5. The van der Waals surface area contributed by atoms with Crippen molar-refractivity contribution in [2.24, 2.45) is 0 Å². The van der Waals surface area contributed by atoms with Gasteiger partial charge in [0.15, 0.2) is 0 Å². The zero-order valence-electron chi connectivity index (χ0n) is 11.9. The van der Waals surface area contributed by atoms with Crippen LogP contribution in [0.3, 0.4) is 0 Å². The van der Waals surface area contributed by atoms with Crippen LogP contribution < -0.4 is 15.4 Å². The van der Waals surface area contributed by atoms with Crippen LogP contribution in [-0.2, 0) is 9.53 Å². The van der Waals surface area contributed by atoms with Gasteiger partial charge in [-0.2, -0.15) is 0 Å². The number of morpholine rings is 1. The number of ether oxygens (including phenoxy) is 2. The van der Waals surface area contributed by atoms with E-state index < -0.39 is 0 Å². The summed E-state index contributed by atoms with van der Waals surface area (Å²) in [5.41, 5.74) is 0.593. The SMILES string of the molecule is CC(C)Oc1ncccc1NC(=O)CC1CNCCO1. The van der Waals surface area contributed by atoms with Crippen LogP contribution in [0.2, 0.25) is 0 Å². The topological polar surface area (TPSA) is 72.5 Å². The number of amides is 1. The molecule has 20 heavy (non-hydrogen) atoms. The average Bonchev–Trinajstić information content (AvgIpc) is 2.41. The Hall–Kier alpha value is -1.66. The molecule has 1 fully saturated rings. The van der Waals surface area contributed by atoms with Crippen molar-refractivity contribution in [1.29, 1.82) is 0 Å². The second kappa shape index (κ2) is 7.21. The van der Waals surface area contributed by atoms with Crippen LogP contribution in [0.25, 0.3) is 0 Å². The second-order valence-electron chi connectivity index (χ2n) is 4.97. The first-order valence-electron chi connectivity index (χ1n) is 6.89. The van der Waals surface area contributed by atoms with Gasteiger partial charge in [0.25, 0.3) is 0 Å². The second-order valence-corrected chi connectivity index (χ2v) is 4.97. The van der Waals surface area contributed by atoms with Crippen molar-refractivity contribution in [3.8, 4) is 5.88 Å². The molecule has 6 nitrogen and oxygen atoms in total. The molecule has 6 heteroatoms. The third-order valence-electron chi connectivity index (χ3n) is 2.81. The number of anilines is 1. The molecule has 0 aromatic carbocycles. The lowest BCUT2D eigenvalue weighted by atomic mass is 10.2. The molecule has 0 radical (unpaired) electrons. The van der Waals surface area contributed by atoms with Gasteiger partial charge in [0.2, 0.25) is 11.8 Å². The minimum atomic E-state index is -0.0969. The number of carbonyl (C=O) groups is 1. The molecular formula is C14H21N3O3. The molecule has 1 aromatic rings. The summed E-state index contributed by atoms with van der Waals surface area (Å²) in [6.07, 6.45) is 1.89. The molecule has 2 heterocycles. The fourth-order valence-electron chi connectivity index (χ4n) is 1.96. The first-order valence-corrected chi connectivity index (χ1v) is 6.89. The van der Waals surface area contributed by atoms with Crippen molar-refractivity contribution in [2.75, 3.05) is 25.0 Å². The summed E-state index contributed by atoms with van der Waals surface area (Å²) >= 11 is 0. The minimum Gasteiger partial charge on any atom is -0.473 e. The van der Waals surface area contributed by atoms with Crippen molar-refractivity contribution in [2.45, 2.75) is 32.5 Å². The van der Waals surface area contributed by atoms with E-state index in [0.29, 0.717) is 31.1 Å². The van der Waals surface area contributed by atoms with E-state index >= 15 is 0 Å². The molecular weight excluding hydrogens is 258 g/mol. The lowest BCUT2D eigenvalue weighted by molar-refractivity contribution is -0.119. The van der Waals surface area contributed by atoms with E-state index in [2.05, 4.69) is 15.6 Å². The van der Waals surface area contributed by atoms with Gasteiger partial charge in [0, 0.05) is 19.3 Å². The Morgan fingerprint density at radius 1 is 1.65 bits per heavy atom. The predicted molar refractivity (Wildman–Crippen MR) is 75.9 cm³/mol. The monoisotopic (exact) mass is 279 g/mol. The summed E-state index contributed by atoms with van der Waals surface area (Å²) in [6.45, 7) is 6.03. The molecule has 1 atom stereocenters. The number of nitrogens with one attached hydrogen (secondary N) is 2. The molecule has 2 N–H and O–H groups in total. The summed E-state index contributed by atoms with van der Waals surface area (Å²) in [5.74, 6) is 0.346. The van der Waals surface area contributed by atoms with E-state index in [4.69, 9.17) is 9.47 Å². The first kappa shape index (κ1) is 14.7. The quantitative estimate of drug-likeness (QED) is 0.847. The van der Waals surface area contributed by atoms with E-state index in [1.807, 2.05) is 13.8 Å². The van der Waals surface area contributed by atoms with Gasteiger partial charge in [0.05, 0.1) is 25.2 Å². The zero-order valence-corrected chi connectivity index (χ0v) is 11.9. The number of aromatic nitrogens is 1. The van der Waals surface area contributed by atoms with Gasteiger partial charge in [-0.15, -0.1) is 0 Å². The van der Waals surface area contributed by atoms with Crippen molar-refractivity contribution < 1.29 is 14.3 Å². The molecule has 2 rings (SSSR count). The normalized spacial score (nSPS) is 18.9. The molecule has 1 aromatic heterocycles. The molecule has 1 aliphatic rings. The van der Waals surface area contributed by atoms with E-state index in [-0.39, 0.29) is 18.1 Å². The van der Waals surface area contributed by atoms with Crippen molar-refractivity contribution in [3.63, 3.8) is 0 Å². The molecule has 0 bridgehead atoms. The Morgan fingerprint density at radius 2 is 2.50 bits per heavy atom. The van der Waals surface area contributed by atoms with Crippen LogP contribution in [-0.4, -0.2) is 42.8 Å². The van der Waals surface area contributed by atoms with Crippen LogP contribution in [0.1, 0.15) is 20.3 Å². The van der Waals surface area contributed by atoms with Crippen LogP contribution in [0.15, 0.2) is 18.3 Å². The van der Waals surface area contributed by atoms with Gasteiger partial charge in [-0.3, -0.25) is 4.79 Å². The third-order valence-corrected chi connectivity index (χ3v) is 2.81. The van der Waals surface area contributed by atoms with E-state index in [0.717, 1.165) is 6.54 Å². The van der Waals surface area contributed by atoms with E-state index in [1.54, 1.807) is 18.3 Å². The summed E-state index contributed by atoms with van der Waals surface area (Å²) in [6, 6.07) is 3.55. The number of nitrogens with zero attached hydrogens (tertiary/aromatic N) is 1. The van der Waals surface area contributed by atoms with Crippen LogP contribution in [0.5, 0.6) is 5.88 Å². The number of hydrogen-bond donors (Lipinski definition) is 2. The summed E-state index contributed by atoms with van der Waals surface area (Å²) in [4.78, 5) is 16.2. The maximum atomic E-state index is 12.0. The molecule has 0 aliphatic carbocycles. The molecule has 110 valence electrons. The molecule has 0 spiro atoms. The highest BCUT2D eigenvalue weighted by Gasteiger charge is 2.18. The summed E-state index contributed by atoms with van der Waals surface area (Å²) < 4.78 is 11.1. The van der Waals surface area contributed by atoms with Gasteiger partial charge >= 0.3 is 0 Å². The van der Waals surface area contributed by atoms with Crippen LogP contribution in [0.4, 0.5) is 5.69 Å². The number of carbonyl (C=O) groups excluding carboxylic acids is 1. The van der Waals surface area contributed by atoms with Crippen molar-refractivity contribution in [1.82, 2.24) is 10.3 Å². The van der Waals surface area contributed by atoms with E-state index in [9.17, 15) is 4.79 Å². The maximum absolute atomic E-state index is 12.0. The maximum Gasteiger partial charge on any atom is 0.238 e. The van der Waals surface area contributed by atoms with Crippen LogP contribution >= 0.6 is 0 Å². The Balaban J connectivity index is 1.93.